The van der Waals surface area contributed by atoms with Gasteiger partial charge in [-0.25, -0.2) is 0 Å². The Balaban J connectivity index is 1.93. The smallest absolute Gasteiger partial charge is 0.293 e. The average molecular weight is 399 g/mol. The number of nitro benzene ring substituents is 1. The molecule has 3 rings (SSSR count). The largest absolute Gasteiger partial charge is 0.493 e. The summed E-state index contributed by atoms with van der Waals surface area (Å²) in [6.07, 6.45) is 0.725. The highest BCUT2D eigenvalue weighted by Crippen LogP contribution is 2.37. The number of nitrogens with one attached hydrogen (secondary N) is 1. The van der Waals surface area contributed by atoms with Gasteiger partial charge in [0.15, 0.2) is 11.5 Å². The Kier molecular flexibility index (Phi) is 5.91. The highest BCUT2D eigenvalue weighted by Gasteiger charge is 2.26. The Morgan fingerprint density at radius 1 is 1.14 bits per heavy atom. The quantitative estimate of drug-likeness (QED) is 0.592. The molecule has 154 valence electrons. The molecule has 0 bridgehead atoms. The third kappa shape index (κ3) is 4.26. The van der Waals surface area contributed by atoms with E-state index in [4.69, 9.17) is 9.47 Å². The maximum atomic E-state index is 12.2. The summed E-state index contributed by atoms with van der Waals surface area (Å²) in [5.74, 6) is 0.977. The zero-order chi connectivity index (χ0) is 21.1. The van der Waals surface area contributed by atoms with Crippen LogP contribution in [0.1, 0.15) is 35.3 Å². The van der Waals surface area contributed by atoms with E-state index in [2.05, 4.69) is 5.32 Å². The molecule has 2 aromatic carbocycles. The first-order valence-corrected chi connectivity index (χ1v) is 9.42. The van der Waals surface area contributed by atoms with Crippen molar-refractivity contribution >= 4 is 17.3 Å². The molecule has 0 saturated heterocycles. The summed E-state index contributed by atoms with van der Waals surface area (Å²) in [5, 5.41) is 14.5. The van der Waals surface area contributed by atoms with E-state index in [9.17, 15) is 14.9 Å². The highest BCUT2D eigenvalue weighted by molar-refractivity contribution is 5.96. The van der Waals surface area contributed by atoms with Crippen LogP contribution in [0.5, 0.6) is 11.5 Å². The van der Waals surface area contributed by atoms with E-state index in [0.717, 1.165) is 17.5 Å². The molecule has 1 amide bonds. The van der Waals surface area contributed by atoms with Gasteiger partial charge in [0.05, 0.1) is 19.1 Å². The van der Waals surface area contributed by atoms with Crippen LogP contribution in [0.15, 0.2) is 30.3 Å². The third-order valence-electron chi connectivity index (χ3n) is 4.91. The lowest BCUT2D eigenvalue weighted by Crippen LogP contribution is -2.32. The third-order valence-corrected chi connectivity index (χ3v) is 4.91. The molecular weight excluding hydrogens is 374 g/mol. The molecule has 1 heterocycles. The van der Waals surface area contributed by atoms with Gasteiger partial charge in [-0.1, -0.05) is 0 Å². The minimum atomic E-state index is -0.439. The van der Waals surface area contributed by atoms with E-state index < -0.39 is 4.92 Å². The number of benzene rings is 2. The van der Waals surface area contributed by atoms with Crippen LogP contribution >= 0.6 is 0 Å². The Morgan fingerprint density at radius 3 is 2.38 bits per heavy atom. The molecule has 0 aliphatic carbocycles. The summed E-state index contributed by atoms with van der Waals surface area (Å²) in [4.78, 5) is 25.5. The van der Waals surface area contributed by atoms with Crippen LogP contribution < -0.4 is 19.7 Å². The van der Waals surface area contributed by atoms with Crippen molar-refractivity contribution < 1.29 is 19.2 Å². The number of nitro groups is 1. The Hall–Kier alpha value is -3.29. The van der Waals surface area contributed by atoms with Gasteiger partial charge in [0.2, 0.25) is 0 Å². The lowest BCUT2D eigenvalue weighted by Gasteiger charge is -2.31. The van der Waals surface area contributed by atoms with Crippen LogP contribution in [0.3, 0.4) is 0 Å². The normalized spacial score (nSPS) is 13.1. The minimum absolute atomic E-state index is 0.0493. The van der Waals surface area contributed by atoms with E-state index in [-0.39, 0.29) is 23.2 Å². The van der Waals surface area contributed by atoms with Crippen molar-refractivity contribution in [1.82, 2.24) is 5.32 Å². The SMILES string of the molecule is COc1cc2c(cc1OC)CN(c1ccc(C(=O)NC(C)C)cc1[N+](=O)[O-])CC2. The van der Waals surface area contributed by atoms with Gasteiger partial charge in [0, 0.05) is 30.8 Å². The fourth-order valence-electron chi connectivity index (χ4n) is 3.51. The number of ether oxygens (including phenoxy) is 2. The number of carbonyl (C=O) groups excluding carboxylic acids is 1. The van der Waals surface area contributed by atoms with Crippen molar-refractivity contribution in [3.63, 3.8) is 0 Å². The second kappa shape index (κ2) is 8.38. The van der Waals surface area contributed by atoms with Crippen LogP contribution in [0, 0.1) is 10.1 Å². The molecule has 8 nitrogen and oxygen atoms in total. The van der Waals surface area contributed by atoms with Crippen LogP contribution in [0.2, 0.25) is 0 Å². The van der Waals surface area contributed by atoms with Gasteiger partial charge >= 0.3 is 0 Å². The number of hydrogen-bond acceptors (Lipinski definition) is 6. The second-order valence-electron chi connectivity index (χ2n) is 7.24. The Labute approximate surface area is 169 Å². The molecule has 0 aromatic heterocycles. The number of rotatable bonds is 6. The minimum Gasteiger partial charge on any atom is -0.493 e. The summed E-state index contributed by atoms with van der Waals surface area (Å²) in [6, 6.07) is 8.45. The molecule has 0 atom stereocenters. The molecule has 0 unspecified atom stereocenters. The van der Waals surface area contributed by atoms with Crippen LogP contribution in [-0.4, -0.2) is 37.6 Å². The zero-order valence-electron chi connectivity index (χ0n) is 17.0. The number of methoxy groups -OCH3 is 2. The van der Waals surface area contributed by atoms with Crippen molar-refractivity contribution in [3.8, 4) is 11.5 Å². The van der Waals surface area contributed by atoms with Crippen molar-refractivity contribution in [2.24, 2.45) is 0 Å². The van der Waals surface area contributed by atoms with Gasteiger partial charge in [0.25, 0.3) is 11.6 Å². The molecule has 1 aliphatic rings. The number of nitrogens with zero attached hydrogens (tertiary/aromatic N) is 2. The maximum absolute atomic E-state index is 12.2. The fourth-order valence-corrected chi connectivity index (χ4v) is 3.51. The molecule has 1 aliphatic heterocycles. The number of fused-ring (bicyclic) bond motifs is 1. The predicted octanol–water partition coefficient (Wildman–Crippen LogP) is 3.31. The summed E-state index contributed by atoms with van der Waals surface area (Å²) in [5.41, 5.74) is 2.86. The van der Waals surface area contributed by atoms with Crippen LogP contribution in [0.25, 0.3) is 0 Å². The van der Waals surface area contributed by atoms with Gasteiger partial charge in [-0.2, -0.15) is 0 Å². The molecule has 8 heteroatoms. The van der Waals surface area contributed by atoms with Gasteiger partial charge in [-0.15, -0.1) is 0 Å². The summed E-state index contributed by atoms with van der Waals surface area (Å²) in [7, 11) is 3.18. The molecule has 1 N–H and O–H groups in total. The molecular formula is C21H25N3O5. The lowest BCUT2D eigenvalue weighted by molar-refractivity contribution is -0.384. The monoisotopic (exact) mass is 399 g/mol. The standard InChI is InChI=1S/C21H25N3O5/c1-13(2)22-21(25)15-5-6-17(18(9-15)24(26)27)23-8-7-14-10-19(28-3)20(29-4)11-16(14)12-23/h5-6,9-11,13H,7-8,12H2,1-4H3,(H,22,25). The Morgan fingerprint density at radius 2 is 1.79 bits per heavy atom. The molecule has 0 spiro atoms. The number of carbonyl (C=O) groups is 1. The van der Waals surface area contributed by atoms with E-state index >= 15 is 0 Å². The molecule has 29 heavy (non-hydrogen) atoms. The number of anilines is 1. The Bertz CT molecular complexity index is 942. The fraction of sp³-hybridized carbons (Fsp3) is 0.381. The summed E-state index contributed by atoms with van der Waals surface area (Å²) < 4.78 is 10.7. The summed E-state index contributed by atoms with van der Waals surface area (Å²) in [6.45, 7) is 4.82. The van der Waals surface area contributed by atoms with Crippen molar-refractivity contribution in [2.45, 2.75) is 32.9 Å². The first-order chi connectivity index (χ1) is 13.8. The van der Waals surface area contributed by atoms with Crippen LogP contribution in [0.4, 0.5) is 11.4 Å². The van der Waals surface area contributed by atoms with E-state index in [1.54, 1.807) is 26.4 Å². The molecule has 2 aromatic rings. The van der Waals surface area contributed by atoms with Gasteiger partial charge in [-0.3, -0.25) is 14.9 Å². The maximum Gasteiger partial charge on any atom is 0.293 e. The van der Waals surface area contributed by atoms with Crippen molar-refractivity contribution in [3.05, 3.63) is 57.1 Å². The predicted molar refractivity (Wildman–Crippen MR) is 110 cm³/mol. The van der Waals surface area contributed by atoms with Gasteiger partial charge in [-0.05, 0) is 55.7 Å². The topological polar surface area (TPSA) is 93.9 Å². The highest BCUT2D eigenvalue weighted by atomic mass is 16.6. The average Bonchev–Trinajstić information content (AvgIpc) is 2.71. The number of amides is 1. The summed E-state index contributed by atoms with van der Waals surface area (Å²) >= 11 is 0. The first-order valence-electron chi connectivity index (χ1n) is 9.42. The first kappa shape index (κ1) is 20.4. The molecule has 0 saturated carbocycles. The molecule has 0 fully saturated rings. The zero-order valence-corrected chi connectivity index (χ0v) is 17.0. The molecule has 0 radical (unpaired) electrons. The lowest BCUT2D eigenvalue weighted by atomic mass is 9.98. The van der Waals surface area contributed by atoms with E-state index in [1.165, 1.54) is 6.07 Å². The van der Waals surface area contributed by atoms with Crippen molar-refractivity contribution in [2.75, 3.05) is 25.7 Å². The van der Waals surface area contributed by atoms with Crippen molar-refractivity contribution in [1.29, 1.82) is 0 Å². The number of hydrogen-bond donors (Lipinski definition) is 1. The van der Waals surface area contributed by atoms with E-state index in [0.29, 0.717) is 30.3 Å². The van der Waals surface area contributed by atoms with Crippen LogP contribution in [-0.2, 0) is 13.0 Å². The van der Waals surface area contributed by atoms with Gasteiger partial charge in [0.1, 0.15) is 5.69 Å². The second-order valence-corrected chi connectivity index (χ2v) is 7.24. The van der Waals surface area contributed by atoms with Gasteiger partial charge < -0.3 is 19.7 Å². The van der Waals surface area contributed by atoms with E-state index in [1.807, 2.05) is 30.9 Å².